The highest BCUT2D eigenvalue weighted by Crippen LogP contribution is 2.21. The highest BCUT2D eigenvalue weighted by atomic mass is 16.3. The average Bonchev–Trinajstić information content (AvgIpc) is 3.29. The summed E-state index contributed by atoms with van der Waals surface area (Å²) in [6, 6.07) is 8.23. The third kappa shape index (κ3) is 2.88. The highest BCUT2D eigenvalue weighted by molar-refractivity contribution is 5.83. The van der Waals surface area contributed by atoms with E-state index in [1.807, 2.05) is 25.1 Å². The minimum Gasteiger partial charge on any atom is -0.463 e. The maximum absolute atomic E-state index is 12.9. The molecule has 0 aliphatic carbocycles. The van der Waals surface area contributed by atoms with Gasteiger partial charge in [0.15, 0.2) is 5.58 Å². The number of aryl methyl sites for hydroxylation is 1. The van der Waals surface area contributed by atoms with E-state index >= 15 is 0 Å². The van der Waals surface area contributed by atoms with E-state index in [4.69, 9.17) is 4.42 Å². The predicted molar refractivity (Wildman–Crippen MR) is 99.4 cm³/mol. The van der Waals surface area contributed by atoms with Crippen molar-refractivity contribution in [2.45, 2.75) is 32.9 Å². The summed E-state index contributed by atoms with van der Waals surface area (Å²) in [6.07, 6.45) is 3.85. The number of furan rings is 1. The van der Waals surface area contributed by atoms with Crippen LogP contribution in [0.15, 0.2) is 52.0 Å². The van der Waals surface area contributed by atoms with Crippen molar-refractivity contribution in [2.75, 3.05) is 0 Å². The van der Waals surface area contributed by atoms with Gasteiger partial charge in [-0.3, -0.25) is 19.0 Å². The van der Waals surface area contributed by atoms with Crippen molar-refractivity contribution >= 4 is 22.5 Å². The van der Waals surface area contributed by atoms with E-state index in [2.05, 4.69) is 15.4 Å². The molecule has 8 heteroatoms. The number of carbonyl (C=O) groups excluding carboxylic acids is 1. The Kier molecular flexibility index (Phi) is 4.23. The molecule has 4 aromatic rings. The van der Waals surface area contributed by atoms with Gasteiger partial charge in [-0.15, -0.1) is 0 Å². The first-order valence-electron chi connectivity index (χ1n) is 8.78. The van der Waals surface area contributed by atoms with Crippen molar-refractivity contribution in [2.24, 2.45) is 0 Å². The maximum Gasteiger partial charge on any atom is 0.291 e. The zero-order valence-corrected chi connectivity index (χ0v) is 15.0. The molecule has 1 atom stereocenters. The van der Waals surface area contributed by atoms with E-state index in [0.29, 0.717) is 29.9 Å². The number of rotatable bonds is 5. The molecule has 0 aromatic carbocycles. The number of aromatic nitrogens is 4. The van der Waals surface area contributed by atoms with Crippen molar-refractivity contribution in [1.29, 1.82) is 0 Å². The van der Waals surface area contributed by atoms with Gasteiger partial charge in [0.2, 0.25) is 5.91 Å². The van der Waals surface area contributed by atoms with Gasteiger partial charge in [-0.2, -0.15) is 5.10 Å². The van der Waals surface area contributed by atoms with Crippen molar-refractivity contribution in [3.8, 4) is 0 Å². The molecule has 4 heterocycles. The Labute approximate surface area is 154 Å². The molecule has 8 nitrogen and oxygen atoms in total. The van der Waals surface area contributed by atoms with Crippen molar-refractivity contribution in [1.82, 2.24) is 24.5 Å². The van der Waals surface area contributed by atoms with Gasteiger partial charge in [-0.05, 0) is 19.1 Å². The molecule has 0 fully saturated rings. The second kappa shape index (κ2) is 6.71. The Morgan fingerprint density at radius 1 is 1.30 bits per heavy atom. The smallest absolute Gasteiger partial charge is 0.291 e. The van der Waals surface area contributed by atoms with Gasteiger partial charge in [0, 0.05) is 24.8 Å². The van der Waals surface area contributed by atoms with Crippen LogP contribution >= 0.6 is 0 Å². The Hall–Kier alpha value is -3.42. The second-order valence-electron chi connectivity index (χ2n) is 6.27. The lowest BCUT2D eigenvalue weighted by Crippen LogP contribution is -2.38. The molecule has 0 aliphatic heterocycles. The SMILES string of the molecule is CCc1nn([C@H](C)C(=O)NCc2ccccn2)c(=O)c2cc3occc3n12. The molecule has 1 amide bonds. The second-order valence-corrected chi connectivity index (χ2v) is 6.27. The van der Waals surface area contributed by atoms with Crippen molar-refractivity contribution in [3.63, 3.8) is 0 Å². The number of hydrogen-bond acceptors (Lipinski definition) is 5. The van der Waals surface area contributed by atoms with E-state index in [1.165, 1.54) is 4.68 Å². The first kappa shape index (κ1) is 17.0. The number of carbonyl (C=O) groups is 1. The highest BCUT2D eigenvalue weighted by Gasteiger charge is 2.22. The number of nitrogens with zero attached hydrogens (tertiary/aromatic N) is 4. The fourth-order valence-corrected chi connectivity index (χ4v) is 3.12. The molecule has 1 N–H and O–H groups in total. The Morgan fingerprint density at radius 2 is 2.15 bits per heavy atom. The Morgan fingerprint density at radius 3 is 2.89 bits per heavy atom. The van der Waals surface area contributed by atoms with Gasteiger partial charge in [0.05, 0.1) is 24.0 Å². The zero-order valence-electron chi connectivity index (χ0n) is 15.0. The quantitative estimate of drug-likeness (QED) is 0.584. The van der Waals surface area contributed by atoms with Gasteiger partial charge in [-0.25, -0.2) is 4.68 Å². The van der Waals surface area contributed by atoms with E-state index in [1.54, 1.807) is 35.9 Å². The molecule has 0 saturated carbocycles. The van der Waals surface area contributed by atoms with Crippen molar-refractivity contribution < 1.29 is 9.21 Å². The average molecular weight is 365 g/mol. The summed E-state index contributed by atoms with van der Waals surface area (Å²) in [5, 5.41) is 7.25. The largest absolute Gasteiger partial charge is 0.463 e. The van der Waals surface area contributed by atoms with E-state index in [-0.39, 0.29) is 11.5 Å². The van der Waals surface area contributed by atoms with Crippen LogP contribution in [0.5, 0.6) is 0 Å². The van der Waals surface area contributed by atoms with E-state index < -0.39 is 6.04 Å². The summed E-state index contributed by atoms with van der Waals surface area (Å²) in [6.45, 7) is 3.90. The number of pyridine rings is 1. The molecule has 0 aliphatic rings. The molecule has 0 radical (unpaired) electrons. The molecule has 4 rings (SSSR count). The zero-order chi connectivity index (χ0) is 19.0. The van der Waals surface area contributed by atoms with Gasteiger partial charge in [0.1, 0.15) is 17.4 Å². The summed E-state index contributed by atoms with van der Waals surface area (Å²) in [4.78, 5) is 29.7. The molecular weight excluding hydrogens is 346 g/mol. The third-order valence-electron chi connectivity index (χ3n) is 4.56. The summed E-state index contributed by atoms with van der Waals surface area (Å²) >= 11 is 0. The lowest BCUT2D eigenvalue weighted by atomic mass is 10.3. The fraction of sp³-hybridized carbons (Fsp3) is 0.263. The van der Waals surface area contributed by atoms with Crippen LogP contribution in [-0.4, -0.2) is 25.1 Å². The molecule has 0 unspecified atom stereocenters. The van der Waals surface area contributed by atoms with Crippen LogP contribution in [0.3, 0.4) is 0 Å². The predicted octanol–water partition coefficient (Wildman–Crippen LogP) is 2.08. The van der Waals surface area contributed by atoms with Gasteiger partial charge >= 0.3 is 0 Å². The first-order chi connectivity index (χ1) is 13.1. The van der Waals surface area contributed by atoms with Gasteiger partial charge in [-0.1, -0.05) is 13.0 Å². The van der Waals surface area contributed by atoms with Crippen LogP contribution in [-0.2, 0) is 17.8 Å². The van der Waals surface area contributed by atoms with Crippen LogP contribution in [0.25, 0.3) is 16.6 Å². The summed E-state index contributed by atoms with van der Waals surface area (Å²) in [5.74, 6) is 0.391. The summed E-state index contributed by atoms with van der Waals surface area (Å²) < 4.78 is 8.43. The minimum atomic E-state index is -0.752. The minimum absolute atomic E-state index is 0.291. The van der Waals surface area contributed by atoms with E-state index in [9.17, 15) is 9.59 Å². The monoisotopic (exact) mass is 365 g/mol. The number of hydrogen-bond donors (Lipinski definition) is 1. The molecule has 138 valence electrons. The lowest BCUT2D eigenvalue weighted by Gasteiger charge is -2.16. The Balaban J connectivity index is 1.69. The molecule has 0 spiro atoms. The van der Waals surface area contributed by atoms with Crippen LogP contribution < -0.4 is 10.9 Å². The molecule has 0 saturated heterocycles. The molecule has 4 aromatic heterocycles. The first-order valence-corrected chi connectivity index (χ1v) is 8.78. The number of fused-ring (bicyclic) bond motifs is 3. The normalized spacial score (nSPS) is 12.5. The Bertz CT molecular complexity index is 1170. The van der Waals surface area contributed by atoms with Crippen LogP contribution in [0, 0.1) is 0 Å². The third-order valence-corrected chi connectivity index (χ3v) is 4.56. The van der Waals surface area contributed by atoms with Crippen molar-refractivity contribution in [3.05, 3.63) is 64.7 Å². The summed E-state index contributed by atoms with van der Waals surface area (Å²) in [5.41, 5.74) is 2.27. The van der Waals surface area contributed by atoms with Crippen LogP contribution in [0.4, 0.5) is 0 Å². The molecule has 0 bridgehead atoms. The maximum atomic E-state index is 12.9. The van der Waals surface area contributed by atoms with Gasteiger partial charge < -0.3 is 9.73 Å². The van der Waals surface area contributed by atoms with E-state index in [0.717, 1.165) is 11.2 Å². The standard InChI is InChI=1S/C19H19N5O3/c1-3-17-22-24(12(2)18(25)21-11-13-6-4-5-8-20-13)19(26)15-10-16-14(23(15)17)7-9-27-16/h4-10,12H,3,11H2,1-2H3,(H,21,25)/t12-/m1/s1. The summed E-state index contributed by atoms with van der Waals surface area (Å²) in [7, 11) is 0. The molecule has 27 heavy (non-hydrogen) atoms. The topological polar surface area (TPSA) is 94.4 Å². The van der Waals surface area contributed by atoms with Gasteiger partial charge in [0.25, 0.3) is 5.56 Å². The molecular formula is C19H19N5O3. The van der Waals surface area contributed by atoms with Crippen LogP contribution in [0.2, 0.25) is 0 Å². The fourth-order valence-electron chi connectivity index (χ4n) is 3.12. The van der Waals surface area contributed by atoms with Crippen LogP contribution in [0.1, 0.15) is 31.4 Å². The lowest BCUT2D eigenvalue weighted by molar-refractivity contribution is -0.124. The number of amides is 1. The number of nitrogens with one attached hydrogen (secondary N) is 1.